The standard InChI is InChI=1S/C43H44N8O4/c1-28(12-10-24-44-42(54)38(47-29(2)52)33-13-6-4-7-14-33)40-45-26-35(49-40)23-20-31-18-21-32(22-19-31)36-27-46-41(50-36)37-17-11-25-51(37)43(55)39(48-30(3)53)34-15-8-5-9-16-34/h4-9,13-16,18-19,21-22,26-27,37-39H,1,10-12,17,24-25H2,2-3H3,(H,44,54)(H,45,49)(H,46,50)(H,47,52)(H,48,53)/t37-,38+,39+/m0/s1. The Balaban J connectivity index is 1.01. The first-order valence-electron chi connectivity index (χ1n) is 18.3. The molecule has 280 valence electrons. The highest BCUT2D eigenvalue weighted by Crippen LogP contribution is 2.34. The van der Waals surface area contributed by atoms with Crippen LogP contribution in [0.3, 0.4) is 0 Å². The zero-order valence-electron chi connectivity index (χ0n) is 30.9. The molecule has 1 saturated heterocycles. The third-order valence-corrected chi connectivity index (χ3v) is 9.32. The summed E-state index contributed by atoms with van der Waals surface area (Å²) in [5.74, 6) is 6.67. The Morgan fingerprint density at radius 2 is 1.49 bits per heavy atom. The first-order chi connectivity index (χ1) is 26.7. The third-order valence-electron chi connectivity index (χ3n) is 9.32. The summed E-state index contributed by atoms with van der Waals surface area (Å²) in [6, 6.07) is 24.5. The lowest BCUT2D eigenvalue weighted by atomic mass is 10.0. The molecule has 1 aliphatic heterocycles. The summed E-state index contributed by atoms with van der Waals surface area (Å²) in [6.45, 7) is 7.95. The van der Waals surface area contributed by atoms with Gasteiger partial charge in [0.25, 0.3) is 0 Å². The normalized spacial score (nSPS) is 14.6. The highest BCUT2D eigenvalue weighted by molar-refractivity contribution is 5.89. The van der Waals surface area contributed by atoms with Crippen molar-refractivity contribution in [1.29, 1.82) is 0 Å². The van der Waals surface area contributed by atoms with Gasteiger partial charge >= 0.3 is 0 Å². The summed E-state index contributed by atoms with van der Waals surface area (Å²) in [4.78, 5) is 67.8. The van der Waals surface area contributed by atoms with Crippen LogP contribution in [0.2, 0.25) is 0 Å². The molecule has 0 unspecified atom stereocenters. The molecule has 5 aromatic rings. The Kier molecular flexibility index (Phi) is 12.3. The Morgan fingerprint density at radius 1 is 0.836 bits per heavy atom. The van der Waals surface area contributed by atoms with Gasteiger partial charge < -0.3 is 30.8 Å². The molecular formula is C43H44N8O4. The number of amides is 4. The summed E-state index contributed by atoms with van der Waals surface area (Å²) < 4.78 is 0. The molecule has 5 N–H and O–H groups in total. The van der Waals surface area contributed by atoms with Crippen LogP contribution in [-0.4, -0.2) is 61.6 Å². The number of hydrogen-bond donors (Lipinski definition) is 5. The van der Waals surface area contributed by atoms with Crippen molar-refractivity contribution in [2.45, 2.75) is 57.7 Å². The number of allylic oxidation sites excluding steroid dienone is 1. The quantitative estimate of drug-likeness (QED) is 0.0789. The molecule has 3 aromatic carbocycles. The Labute approximate surface area is 320 Å². The second kappa shape index (κ2) is 17.9. The molecule has 1 fully saturated rings. The van der Waals surface area contributed by atoms with Gasteiger partial charge in [0.15, 0.2) is 0 Å². The van der Waals surface area contributed by atoms with Crippen LogP contribution in [0.1, 0.15) is 91.7 Å². The highest BCUT2D eigenvalue weighted by atomic mass is 16.2. The maximum absolute atomic E-state index is 13.8. The van der Waals surface area contributed by atoms with Crippen molar-refractivity contribution in [3.63, 3.8) is 0 Å². The van der Waals surface area contributed by atoms with Crippen molar-refractivity contribution in [1.82, 2.24) is 40.8 Å². The van der Waals surface area contributed by atoms with Crippen molar-refractivity contribution in [3.05, 3.63) is 138 Å². The number of carbonyl (C=O) groups excluding carboxylic acids is 4. The van der Waals surface area contributed by atoms with Gasteiger partial charge in [0.1, 0.15) is 29.4 Å². The van der Waals surface area contributed by atoms with Crippen LogP contribution in [0.5, 0.6) is 0 Å². The second-order valence-corrected chi connectivity index (χ2v) is 13.4. The number of imidazole rings is 2. The van der Waals surface area contributed by atoms with Gasteiger partial charge in [-0.15, -0.1) is 0 Å². The lowest BCUT2D eigenvalue weighted by Gasteiger charge is -2.28. The zero-order chi connectivity index (χ0) is 38.7. The third kappa shape index (κ3) is 9.83. The number of aromatic nitrogens is 4. The smallest absolute Gasteiger partial charge is 0.250 e. The molecule has 0 aliphatic carbocycles. The molecule has 2 aromatic heterocycles. The summed E-state index contributed by atoms with van der Waals surface area (Å²) in [6.07, 6.45) is 6.30. The highest BCUT2D eigenvalue weighted by Gasteiger charge is 2.36. The van der Waals surface area contributed by atoms with E-state index in [1.165, 1.54) is 13.8 Å². The lowest BCUT2D eigenvalue weighted by Crippen LogP contribution is -2.42. The van der Waals surface area contributed by atoms with Crippen LogP contribution < -0.4 is 16.0 Å². The monoisotopic (exact) mass is 736 g/mol. The Bertz CT molecular complexity index is 2200. The van der Waals surface area contributed by atoms with Crippen molar-refractivity contribution in [2.75, 3.05) is 13.1 Å². The fourth-order valence-corrected chi connectivity index (χ4v) is 6.59. The van der Waals surface area contributed by atoms with E-state index in [1.807, 2.05) is 89.8 Å². The van der Waals surface area contributed by atoms with E-state index < -0.39 is 12.1 Å². The molecule has 3 heterocycles. The van der Waals surface area contributed by atoms with Crippen LogP contribution in [0.25, 0.3) is 16.8 Å². The number of nitrogens with zero attached hydrogens (tertiary/aromatic N) is 3. The van der Waals surface area contributed by atoms with E-state index in [1.54, 1.807) is 12.4 Å². The molecule has 0 bridgehead atoms. The molecule has 12 heteroatoms. The molecule has 55 heavy (non-hydrogen) atoms. The minimum Gasteiger partial charge on any atom is -0.354 e. The van der Waals surface area contributed by atoms with Crippen molar-refractivity contribution in [3.8, 4) is 23.1 Å². The van der Waals surface area contributed by atoms with Crippen LogP contribution in [0.15, 0.2) is 104 Å². The summed E-state index contributed by atoms with van der Waals surface area (Å²) >= 11 is 0. The predicted molar refractivity (Wildman–Crippen MR) is 210 cm³/mol. The molecular weight excluding hydrogens is 693 g/mol. The second-order valence-electron chi connectivity index (χ2n) is 13.4. The summed E-state index contributed by atoms with van der Waals surface area (Å²) in [5, 5.41) is 8.45. The molecule has 12 nitrogen and oxygen atoms in total. The molecule has 0 saturated carbocycles. The zero-order valence-corrected chi connectivity index (χ0v) is 30.9. The maximum Gasteiger partial charge on any atom is 0.250 e. The van der Waals surface area contributed by atoms with Gasteiger partial charge in [-0.2, -0.15) is 0 Å². The minimum atomic E-state index is -0.766. The maximum atomic E-state index is 13.8. The van der Waals surface area contributed by atoms with E-state index in [-0.39, 0.29) is 29.7 Å². The van der Waals surface area contributed by atoms with Gasteiger partial charge in [-0.1, -0.05) is 85.3 Å². The SMILES string of the molecule is C=C(CCCNC(=O)[C@H](NC(C)=O)c1ccccc1)c1ncc(C#Cc2ccc(-c3cnc([C@@H]4CCCN4C(=O)[C@H](NC(C)=O)c4ccccc4)[nH]3)cc2)[nH]1. The van der Waals surface area contributed by atoms with Crippen LogP contribution in [-0.2, 0) is 19.2 Å². The number of rotatable bonds is 13. The number of nitrogens with one attached hydrogen (secondary N) is 5. The fourth-order valence-electron chi connectivity index (χ4n) is 6.59. The van der Waals surface area contributed by atoms with Gasteiger partial charge in [0.2, 0.25) is 23.6 Å². The average molecular weight is 737 g/mol. The van der Waals surface area contributed by atoms with E-state index in [0.29, 0.717) is 48.8 Å². The van der Waals surface area contributed by atoms with Gasteiger partial charge in [-0.05, 0) is 66.0 Å². The van der Waals surface area contributed by atoms with Crippen LogP contribution in [0, 0.1) is 11.8 Å². The Morgan fingerprint density at radius 3 is 2.16 bits per heavy atom. The number of aromatic amines is 2. The number of likely N-dealkylation sites (tertiary alicyclic amines) is 1. The summed E-state index contributed by atoms with van der Waals surface area (Å²) in [7, 11) is 0. The van der Waals surface area contributed by atoms with Crippen molar-refractivity contribution < 1.29 is 19.2 Å². The minimum absolute atomic E-state index is 0.155. The molecule has 4 amide bonds. The Hall–Kier alpha value is -6.74. The van der Waals surface area contributed by atoms with E-state index in [2.05, 4.69) is 54.3 Å². The molecule has 3 atom stereocenters. The lowest BCUT2D eigenvalue weighted by molar-refractivity contribution is -0.137. The number of hydrogen-bond acceptors (Lipinski definition) is 6. The van der Waals surface area contributed by atoms with Gasteiger partial charge in [-0.25, -0.2) is 9.97 Å². The van der Waals surface area contributed by atoms with E-state index in [9.17, 15) is 19.2 Å². The number of benzene rings is 3. The largest absolute Gasteiger partial charge is 0.354 e. The van der Waals surface area contributed by atoms with Gasteiger partial charge in [-0.3, -0.25) is 19.2 Å². The number of H-pyrrole nitrogens is 2. The van der Waals surface area contributed by atoms with Crippen LogP contribution >= 0.6 is 0 Å². The average Bonchev–Trinajstić information content (AvgIpc) is 3.99. The topological polar surface area (TPSA) is 165 Å². The van der Waals surface area contributed by atoms with E-state index in [4.69, 9.17) is 0 Å². The first-order valence-corrected chi connectivity index (χ1v) is 18.3. The van der Waals surface area contributed by atoms with Gasteiger partial charge in [0.05, 0.1) is 24.1 Å². The molecule has 0 spiro atoms. The molecule has 0 radical (unpaired) electrons. The summed E-state index contributed by atoms with van der Waals surface area (Å²) in [5.41, 5.74) is 5.48. The van der Waals surface area contributed by atoms with Crippen molar-refractivity contribution >= 4 is 29.2 Å². The van der Waals surface area contributed by atoms with E-state index in [0.717, 1.165) is 40.8 Å². The predicted octanol–water partition coefficient (Wildman–Crippen LogP) is 5.53. The fraction of sp³-hybridized carbons (Fsp3) is 0.256. The number of carbonyl (C=O) groups is 4. The molecule has 6 rings (SSSR count). The molecule has 1 aliphatic rings. The van der Waals surface area contributed by atoms with Crippen molar-refractivity contribution in [2.24, 2.45) is 0 Å². The van der Waals surface area contributed by atoms with E-state index >= 15 is 0 Å². The van der Waals surface area contributed by atoms with Gasteiger partial charge in [0, 0.05) is 32.5 Å². The van der Waals surface area contributed by atoms with Crippen LogP contribution in [0.4, 0.5) is 0 Å². The first kappa shape index (κ1) is 38.0.